The fourth-order valence-corrected chi connectivity index (χ4v) is 3.62. The highest BCUT2D eigenvalue weighted by Crippen LogP contribution is 2.31. The van der Waals surface area contributed by atoms with E-state index in [4.69, 9.17) is 9.47 Å². The van der Waals surface area contributed by atoms with Crippen molar-refractivity contribution in [1.82, 2.24) is 10.0 Å². The maximum Gasteiger partial charge on any atom is 0.252 e. The molecular weight excluding hydrogens is 471 g/mol. The molecule has 140 valence electrons. The first-order valence-corrected chi connectivity index (χ1v) is 10.1. The van der Waals surface area contributed by atoms with Crippen LogP contribution in [0.2, 0.25) is 0 Å². The maximum atomic E-state index is 12.5. The third-order valence-corrected chi connectivity index (χ3v) is 6.00. The fourth-order valence-electron chi connectivity index (χ4n) is 2.21. The van der Waals surface area contributed by atoms with Gasteiger partial charge >= 0.3 is 0 Å². The number of amides is 1. The highest BCUT2D eigenvalue weighted by Gasteiger charge is 2.16. The van der Waals surface area contributed by atoms with Crippen LogP contribution in [0.3, 0.4) is 0 Å². The van der Waals surface area contributed by atoms with Crippen molar-refractivity contribution < 1.29 is 22.7 Å². The molecule has 0 spiro atoms. The van der Waals surface area contributed by atoms with Gasteiger partial charge in [0.1, 0.15) is 0 Å². The van der Waals surface area contributed by atoms with E-state index in [0.717, 1.165) is 9.13 Å². The van der Waals surface area contributed by atoms with Gasteiger partial charge in [-0.1, -0.05) is 12.1 Å². The summed E-state index contributed by atoms with van der Waals surface area (Å²) in [4.78, 5) is 12.6. The van der Waals surface area contributed by atoms with Gasteiger partial charge in [-0.15, -0.1) is 0 Å². The first-order chi connectivity index (χ1) is 12.3. The molecule has 26 heavy (non-hydrogen) atoms. The Morgan fingerprint density at radius 1 is 1.08 bits per heavy atom. The second-order valence-corrected chi connectivity index (χ2v) is 8.27. The van der Waals surface area contributed by atoms with Crippen molar-refractivity contribution >= 4 is 38.5 Å². The molecule has 0 aliphatic carbocycles. The summed E-state index contributed by atoms with van der Waals surface area (Å²) in [5.41, 5.74) is 1.25. The van der Waals surface area contributed by atoms with Gasteiger partial charge in [0.2, 0.25) is 10.0 Å². The Bertz CT molecular complexity index is 898. The first-order valence-electron chi connectivity index (χ1n) is 7.54. The van der Waals surface area contributed by atoms with E-state index in [1.165, 1.54) is 33.4 Å². The van der Waals surface area contributed by atoms with Gasteiger partial charge in [-0.25, -0.2) is 13.1 Å². The molecule has 9 heteroatoms. The second kappa shape index (κ2) is 8.69. The zero-order valence-electron chi connectivity index (χ0n) is 14.5. The minimum atomic E-state index is -3.47. The first kappa shape index (κ1) is 20.5. The summed E-state index contributed by atoms with van der Waals surface area (Å²) in [5, 5.41) is 2.81. The monoisotopic (exact) mass is 490 g/mol. The van der Waals surface area contributed by atoms with Crippen LogP contribution in [0.25, 0.3) is 0 Å². The van der Waals surface area contributed by atoms with Crippen LogP contribution in [-0.2, 0) is 16.6 Å². The zero-order chi connectivity index (χ0) is 19.3. The molecule has 2 rings (SSSR count). The van der Waals surface area contributed by atoms with Crippen molar-refractivity contribution in [3.05, 3.63) is 51.1 Å². The van der Waals surface area contributed by atoms with E-state index in [9.17, 15) is 13.2 Å². The third-order valence-electron chi connectivity index (χ3n) is 3.67. The molecule has 0 unspecified atom stereocenters. The van der Waals surface area contributed by atoms with Gasteiger partial charge in [-0.2, -0.15) is 0 Å². The number of hydrogen-bond donors (Lipinski definition) is 2. The van der Waals surface area contributed by atoms with Gasteiger partial charge in [-0.05, 0) is 59.5 Å². The Hall–Kier alpha value is -1.85. The van der Waals surface area contributed by atoms with Gasteiger partial charge in [0.25, 0.3) is 5.91 Å². The van der Waals surface area contributed by atoms with Gasteiger partial charge in [0.05, 0.1) is 24.7 Å². The standard InChI is InChI=1S/C17H19IN2O5S/c1-19-26(22,23)12-6-4-11(5-7-12)10-20-17(21)13-8-15(24-2)16(25-3)9-14(13)18/h4-9,19H,10H2,1-3H3,(H,20,21). The van der Waals surface area contributed by atoms with E-state index < -0.39 is 10.0 Å². The minimum Gasteiger partial charge on any atom is -0.493 e. The summed E-state index contributed by atoms with van der Waals surface area (Å²) in [6.07, 6.45) is 0. The highest BCUT2D eigenvalue weighted by molar-refractivity contribution is 14.1. The number of carbonyl (C=O) groups is 1. The molecule has 0 saturated heterocycles. The molecule has 2 aromatic rings. The van der Waals surface area contributed by atoms with Crippen LogP contribution in [-0.4, -0.2) is 35.6 Å². The number of halogens is 1. The third kappa shape index (κ3) is 4.65. The highest BCUT2D eigenvalue weighted by atomic mass is 127. The Morgan fingerprint density at radius 2 is 1.65 bits per heavy atom. The molecule has 0 atom stereocenters. The quantitative estimate of drug-likeness (QED) is 0.581. The lowest BCUT2D eigenvalue weighted by Crippen LogP contribution is -2.24. The number of carbonyl (C=O) groups excluding carboxylic acids is 1. The van der Waals surface area contributed by atoms with E-state index in [1.54, 1.807) is 24.3 Å². The molecule has 1 amide bonds. The van der Waals surface area contributed by atoms with Gasteiger partial charge in [0.15, 0.2) is 11.5 Å². The lowest BCUT2D eigenvalue weighted by molar-refractivity contribution is 0.0949. The predicted molar refractivity (Wildman–Crippen MR) is 106 cm³/mol. The fraction of sp³-hybridized carbons (Fsp3) is 0.235. The molecule has 0 aliphatic rings. The molecular formula is C17H19IN2O5S. The van der Waals surface area contributed by atoms with Crippen molar-refractivity contribution in [2.24, 2.45) is 0 Å². The lowest BCUT2D eigenvalue weighted by atomic mass is 10.1. The maximum absolute atomic E-state index is 12.5. The summed E-state index contributed by atoms with van der Waals surface area (Å²) < 4.78 is 36.8. The largest absolute Gasteiger partial charge is 0.493 e. The molecule has 0 saturated carbocycles. The van der Waals surface area contributed by atoms with Crippen LogP contribution in [0.15, 0.2) is 41.3 Å². The van der Waals surface area contributed by atoms with Crippen molar-refractivity contribution in [3.8, 4) is 11.5 Å². The minimum absolute atomic E-state index is 0.171. The number of hydrogen-bond acceptors (Lipinski definition) is 5. The second-order valence-electron chi connectivity index (χ2n) is 5.22. The van der Waals surface area contributed by atoms with E-state index in [1.807, 2.05) is 0 Å². The zero-order valence-corrected chi connectivity index (χ0v) is 17.5. The normalized spacial score (nSPS) is 11.1. The van der Waals surface area contributed by atoms with Crippen molar-refractivity contribution in [2.45, 2.75) is 11.4 Å². The number of rotatable bonds is 7. The lowest BCUT2D eigenvalue weighted by Gasteiger charge is -2.12. The molecule has 0 radical (unpaired) electrons. The summed E-state index contributed by atoms with van der Waals surface area (Å²) in [7, 11) is 0.923. The Morgan fingerprint density at radius 3 is 2.19 bits per heavy atom. The Kier molecular flexibility index (Phi) is 6.84. The van der Waals surface area contributed by atoms with Crippen LogP contribution < -0.4 is 19.5 Å². The van der Waals surface area contributed by atoms with Crippen LogP contribution >= 0.6 is 22.6 Å². The van der Waals surface area contributed by atoms with E-state index in [2.05, 4.69) is 32.6 Å². The van der Waals surface area contributed by atoms with Crippen molar-refractivity contribution in [3.63, 3.8) is 0 Å². The van der Waals surface area contributed by atoms with E-state index in [0.29, 0.717) is 17.1 Å². The topological polar surface area (TPSA) is 93.7 Å². The summed E-state index contributed by atoms with van der Waals surface area (Å²) >= 11 is 2.06. The molecule has 0 bridgehead atoms. The van der Waals surface area contributed by atoms with Crippen LogP contribution in [0.1, 0.15) is 15.9 Å². The van der Waals surface area contributed by atoms with Gasteiger partial charge in [-0.3, -0.25) is 4.79 Å². The van der Waals surface area contributed by atoms with Crippen molar-refractivity contribution in [1.29, 1.82) is 0 Å². The van der Waals surface area contributed by atoms with E-state index in [-0.39, 0.29) is 17.3 Å². The van der Waals surface area contributed by atoms with Gasteiger partial charge in [0, 0.05) is 10.1 Å². The number of benzene rings is 2. The summed E-state index contributed by atoms with van der Waals surface area (Å²) in [6, 6.07) is 9.65. The van der Waals surface area contributed by atoms with Crippen LogP contribution in [0.5, 0.6) is 11.5 Å². The number of methoxy groups -OCH3 is 2. The SMILES string of the molecule is CNS(=O)(=O)c1ccc(CNC(=O)c2cc(OC)c(OC)cc2I)cc1. The predicted octanol–water partition coefficient (Wildman–Crippen LogP) is 2.15. The Labute approximate surface area is 166 Å². The van der Waals surface area contributed by atoms with E-state index >= 15 is 0 Å². The molecule has 0 aliphatic heterocycles. The van der Waals surface area contributed by atoms with Gasteiger partial charge < -0.3 is 14.8 Å². The summed E-state index contributed by atoms with van der Waals surface area (Å²) in [6.45, 7) is 0.267. The molecule has 0 fully saturated rings. The number of sulfonamides is 1. The number of nitrogens with one attached hydrogen (secondary N) is 2. The average Bonchev–Trinajstić information content (AvgIpc) is 2.66. The van der Waals surface area contributed by atoms with Crippen molar-refractivity contribution in [2.75, 3.05) is 21.3 Å². The molecule has 7 nitrogen and oxygen atoms in total. The van der Waals surface area contributed by atoms with Crippen LogP contribution in [0.4, 0.5) is 0 Å². The number of ether oxygens (including phenoxy) is 2. The molecule has 2 N–H and O–H groups in total. The summed E-state index contributed by atoms with van der Waals surface area (Å²) in [5.74, 6) is 0.761. The smallest absolute Gasteiger partial charge is 0.252 e. The Balaban J connectivity index is 2.12. The van der Waals surface area contributed by atoms with Crippen LogP contribution in [0, 0.1) is 3.57 Å². The molecule has 0 heterocycles. The molecule has 0 aromatic heterocycles. The average molecular weight is 490 g/mol. The molecule has 2 aromatic carbocycles.